The molecule has 2 aliphatic rings. The lowest BCUT2D eigenvalue weighted by molar-refractivity contribution is 0.217. The van der Waals surface area contributed by atoms with Crippen LogP contribution in [-0.4, -0.2) is 67.1 Å². The maximum atomic E-state index is 13.0. The number of pyridine rings is 1. The number of nitrogens with zero attached hydrogens (tertiary/aromatic N) is 4. The second-order valence-electron chi connectivity index (χ2n) is 8.12. The molecule has 0 aliphatic carbocycles. The summed E-state index contributed by atoms with van der Waals surface area (Å²) in [6, 6.07) is 11.6. The molecule has 4 rings (SSSR count). The van der Waals surface area contributed by atoms with Crippen LogP contribution in [-0.2, 0) is 0 Å². The molecule has 6 nitrogen and oxygen atoms in total. The number of rotatable bonds is 4. The molecule has 7 heteroatoms. The number of aromatic nitrogens is 1. The number of hydrogen-bond acceptors (Lipinski definition) is 4. The summed E-state index contributed by atoms with van der Waals surface area (Å²) >= 11 is 0. The minimum Gasteiger partial charge on any atom is -0.370 e. The van der Waals surface area contributed by atoms with Crippen molar-refractivity contribution in [2.24, 2.45) is 0 Å². The minimum absolute atomic E-state index is 0.112. The van der Waals surface area contributed by atoms with E-state index in [1.165, 1.54) is 24.4 Å². The molecule has 2 aromatic rings. The van der Waals surface area contributed by atoms with Crippen LogP contribution in [0.5, 0.6) is 0 Å². The molecular weight excluding hydrogens is 381 g/mol. The van der Waals surface area contributed by atoms with Gasteiger partial charge in [0.1, 0.15) is 5.82 Å². The number of carbonyl (C=O) groups is 1. The van der Waals surface area contributed by atoms with E-state index in [1.807, 2.05) is 18.2 Å². The standard InChI is InChI=1S/C23H28FN5O/c1-27(2)21-11-14-29(16-21)20-6-4-19(5-7-20)26-23(30)28-12-9-17(10-13-28)22-8-3-18(24)15-25-22/h3-9,15,21H,10-14,16H2,1-2H3,(H,26,30). The van der Waals surface area contributed by atoms with Crippen molar-refractivity contribution in [3.8, 4) is 0 Å². The minimum atomic E-state index is -0.343. The molecule has 1 aromatic carbocycles. The van der Waals surface area contributed by atoms with Crippen LogP contribution >= 0.6 is 0 Å². The predicted molar refractivity (Wildman–Crippen MR) is 118 cm³/mol. The smallest absolute Gasteiger partial charge is 0.322 e. The molecule has 1 fully saturated rings. The first-order chi connectivity index (χ1) is 14.5. The average Bonchev–Trinajstić information content (AvgIpc) is 3.26. The molecule has 1 saturated heterocycles. The third-order valence-electron chi connectivity index (χ3n) is 5.93. The molecule has 3 heterocycles. The third kappa shape index (κ3) is 4.62. The lowest BCUT2D eigenvalue weighted by atomic mass is 10.0. The van der Waals surface area contributed by atoms with Crippen LogP contribution in [0.25, 0.3) is 5.57 Å². The van der Waals surface area contributed by atoms with Crippen LogP contribution in [0, 0.1) is 5.82 Å². The number of amides is 2. The number of halogens is 1. The molecule has 2 aliphatic heterocycles. The van der Waals surface area contributed by atoms with Gasteiger partial charge in [-0.1, -0.05) is 6.08 Å². The van der Waals surface area contributed by atoms with Crippen LogP contribution in [0.15, 0.2) is 48.7 Å². The topological polar surface area (TPSA) is 51.7 Å². The highest BCUT2D eigenvalue weighted by atomic mass is 19.1. The quantitative estimate of drug-likeness (QED) is 0.837. The summed E-state index contributed by atoms with van der Waals surface area (Å²) in [4.78, 5) is 23.2. The summed E-state index contributed by atoms with van der Waals surface area (Å²) in [6.45, 7) is 3.20. The summed E-state index contributed by atoms with van der Waals surface area (Å²) in [6.07, 6.45) is 5.08. The number of hydrogen-bond donors (Lipinski definition) is 1. The Hall–Kier alpha value is -2.93. The van der Waals surface area contributed by atoms with E-state index < -0.39 is 0 Å². The van der Waals surface area contributed by atoms with Gasteiger partial charge in [0.25, 0.3) is 0 Å². The number of urea groups is 1. The molecule has 158 valence electrons. The van der Waals surface area contributed by atoms with E-state index in [0.717, 1.165) is 30.0 Å². The zero-order valence-corrected chi connectivity index (χ0v) is 17.5. The van der Waals surface area contributed by atoms with Gasteiger partial charge >= 0.3 is 6.03 Å². The van der Waals surface area contributed by atoms with Gasteiger partial charge in [0.2, 0.25) is 0 Å². The van der Waals surface area contributed by atoms with Gasteiger partial charge in [-0.15, -0.1) is 0 Å². The van der Waals surface area contributed by atoms with Crippen molar-refractivity contribution >= 4 is 23.0 Å². The molecule has 1 aromatic heterocycles. The Labute approximate surface area is 177 Å². The first-order valence-corrected chi connectivity index (χ1v) is 10.4. The SMILES string of the molecule is CN(C)C1CCN(c2ccc(NC(=O)N3CC=C(c4ccc(F)cn4)CC3)cc2)C1. The van der Waals surface area contributed by atoms with E-state index >= 15 is 0 Å². The normalized spacial score (nSPS) is 19.2. The second-order valence-corrected chi connectivity index (χ2v) is 8.12. The van der Waals surface area contributed by atoms with E-state index in [4.69, 9.17) is 0 Å². The summed E-state index contributed by atoms with van der Waals surface area (Å²) in [5.41, 5.74) is 3.80. The van der Waals surface area contributed by atoms with Gasteiger partial charge in [-0.05, 0) is 68.9 Å². The Balaban J connectivity index is 1.32. The molecule has 1 N–H and O–H groups in total. The number of likely N-dealkylation sites (N-methyl/N-ethyl adjacent to an activating group) is 1. The maximum Gasteiger partial charge on any atom is 0.322 e. The fourth-order valence-electron chi connectivity index (χ4n) is 4.01. The Morgan fingerprint density at radius 2 is 1.97 bits per heavy atom. The van der Waals surface area contributed by atoms with E-state index in [9.17, 15) is 9.18 Å². The Morgan fingerprint density at radius 3 is 2.57 bits per heavy atom. The van der Waals surface area contributed by atoms with Crippen molar-refractivity contribution in [1.82, 2.24) is 14.8 Å². The zero-order valence-electron chi connectivity index (χ0n) is 17.5. The molecule has 0 radical (unpaired) electrons. The van der Waals surface area contributed by atoms with Crippen molar-refractivity contribution < 1.29 is 9.18 Å². The molecule has 1 atom stereocenters. The monoisotopic (exact) mass is 409 g/mol. The lowest BCUT2D eigenvalue weighted by Crippen LogP contribution is -2.37. The predicted octanol–water partition coefficient (Wildman–Crippen LogP) is 3.68. The average molecular weight is 410 g/mol. The molecule has 30 heavy (non-hydrogen) atoms. The number of anilines is 2. The number of carbonyl (C=O) groups excluding carboxylic acids is 1. The highest BCUT2D eigenvalue weighted by Crippen LogP contribution is 2.25. The lowest BCUT2D eigenvalue weighted by Gasteiger charge is -2.26. The first-order valence-electron chi connectivity index (χ1n) is 10.4. The molecule has 2 amide bonds. The van der Waals surface area contributed by atoms with E-state index in [1.54, 1.807) is 11.0 Å². The van der Waals surface area contributed by atoms with Gasteiger partial charge in [-0.3, -0.25) is 4.98 Å². The Bertz CT molecular complexity index is 910. The highest BCUT2D eigenvalue weighted by Gasteiger charge is 2.24. The zero-order chi connectivity index (χ0) is 21.1. The summed E-state index contributed by atoms with van der Waals surface area (Å²) < 4.78 is 13.0. The number of benzene rings is 1. The number of nitrogens with one attached hydrogen (secondary N) is 1. The van der Waals surface area contributed by atoms with Crippen LogP contribution in [0.4, 0.5) is 20.6 Å². The van der Waals surface area contributed by atoms with Crippen LogP contribution in [0.2, 0.25) is 0 Å². The van der Waals surface area contributed by atoms with Gasteiger partial charge in [0.15, 0.2) is 0 Å². The molecule has 0 bridgehead atoms. The molecule has 0 spiro atoms. The largest absolute Gasteiger partial charge is 0.370 e. The second kappa shape index (κ2) is 8.83. The van der Waals surface area contributed by atoms with Crippen LogP contribution < -0.4 is 10.2 Å². The van der Waals surface area contributed by atoms with E-state index in [0.29, 0.717) is 25.6 Å². The third-order valence-corrected chi connectivity index (χ3v) is 5.93. The molecule has 0 saturated carbocycles. The maximum absolute atomic E-state index is 13.0. The van der Waals surface area contributed by atoms with Crippen molar-refractivity contribution in [2.45, 2.75) is 18.9 Å². The van der Waals surface area contributed by atoms with E-state index in [2.05, 4.69) is 46.3 Å². The van der Waals surface area contributed by atoms with Gasteiger partial charge < -0.3 is 20.0 Å². The van der Waals surface area contributed by atoms with Gasteiger partial charge in [0.05, 0.1) is 11.9 Å². The van der Waals surface area contributed by atoms with Crippen LogP contribution in [0.1, 0.15) is 18.5 Å². The van der Waals surface area contributed by atoms with Crippen molar-refractivity contribution in [3.63, 3.8) is 0 Å². The van der Waals surface area contributed by atoms with Crippen molar-refractivity contribution in [1.29, 1.82) is 0 Å². The Morgan fingerprint density at radius 1 is 1.17 bits per heavy atom. The molecule has 1 unspecified atom stereocenters. The first kappa shape index (κ1) is 20.3. The fourth-order valence-corrected chi connectivity index (χ4v) is 4.01. The summed E-state index contributed by atoms with van der Waals surface area (Å²) in [7, 11) is 4.25. The fraction of sp³-hybridized carbons (Fsp3) is 0.391. The van der Waals surface area contributed by atoms with E-state index in [-0.39, 0.29) is 11.8 Å². The van der Waals surface area contributed by atoms with Crippen molar-refractivity contribution in [3.05, 3.63) is 60.2 Å². The summed E-state index contributed by atoms with van der Waals surface area (Å²) in [5.74, 6) is -0.343. The Kier molecular flexibility index (Phi) is 5.99. The molecular formula is C23H28FN5O. The van der Waals surface area contributed by atoms with Gasteiger partial charge in [-0.25, -0.2) is 9.18 Å². The van der Waals surface area contributed by atoms with Gasteiger partial charge in [-0.2, -0.15) is 0 Å². The summed E-state index contributed by atoms with van der Waals surface area (Å²) in [5, 5.41) is 2.98. The highest BCUT2D eigenvalue weighted by molar-refractivity contribution is 5.90. The van der Waals surface area contributed by atoms with Crippen LogP contribution in [0.3, 0.4) is 0 Å². The van der Waals surface area contributed by atoms with Crippen molar-refractivity contribution in [2.75, 3.05) is 50.5 Å². The van der Waals surface area contributed by atoms with Gasteiger partial charge in [0, 0.05) is 43.6 Å².